The van der Waals surface area contributed by atoms with Crippen molar-refractivity contribution < 1.29 is 18.7 Å². The van der Waals surface area contributed by atoms with Crippen molar-refractivity contribution in [2.75, 3.05) is 26.2 Å². The van der Waals surface area contributed by atoms with Crippen LogP contribution < -0.4 is 5.32 Å². The number of morpholine rings is 1. The highest BCUT2D eigenvalue weighted by Crippen LogP contribution is 2.28. The lowest BCUT2D eigenvalue weighted by Gasteiger charge is -2.33. The maximum Gasteiger partial charge on any atom is 0.254 e. The maximum absolute atomic E-state index is 13.5. The smallest absolute Gasteiger partial charge is 0.254 e. The molecular formula is C15H14FN3O3. The Morgan fingerprint density at radius 1 is 1.45 bits per heavy atom. The first-order valence-corrected chi connectivity index (χ1v) is 6.92. The standard InChI is InChI=1S/C15H14FN3O3/c16-12-4-10(6-17)3-11(5-12)14(21)19-2-1-15(9-19)8-18-13(20)7-22-15/h3-5H,1-2,7-9H2,(H,18,20). The van der Waals surface area contributed by atoms with E-state index in [1.807, 2.05) is 6.07 Å². The fraction of sp³-hybridized carbons (Fsp3) is 0.400. The van der Waals surface area contributed by atoms with Gasteiger partial charge in [-0.25, -0.2) is 4.39 Å². The molecule has 1 spiro atoms. The fourth-order valence-electron chi connectivity index (χ4n) is 2.82. The van der Waals surface area contributed by atoms with Gasteiger partial charge in [0.2, 0.25) is 5.91 Å². The van der Waals surface area contributed by atoms with Gasteiger partial charge in [-0.15, -0.1) is 0 Å². The van der Waals surface area contributed by atoms with Crippen LogP contribution in [0, 0.1) is 17.1 Å². The monoisotopic (exact) mass is 303 g/mol. The van der Waals surface area contributed by atoms with E-state index in [1.165, 1.54) is 6.07 Å². The zero-order chi connectivity index (χ0) is 15.7. The number of halogens is 1. The Hall–Kier alpha value is -2.46. The second kappa shape index (κ2) is 5.39. The Balaban J connectivity index is 1.76. The van der Waals surface area contributed by atoms with Crippen molar-refractivity contribution in [3.05, 3.63) is 35.1 Å². The maximum atomic E-state index is 13.5. The second-order valence-corrected chi connectivity index (χ2v) is 5.57. The number of carbonyl (C=O) groups excluding carboxylic acids is 2. The van der Waals surface area contributed by atoms with Crippen molar-refractivity contribution in [1.29, 1.82) is 5.26 Å². The molecule has 2 heterocycles. The number of likely N-dealkylation sites (tertiary alicyclic amines) is 1. The summed E-state index contributed by atoms with van der Waals surface area (Å²) in [6.45, 7) is 1.15. The highest BCUT2D eigenvalue weighted by molar-refractivity contribution is 5.95. The zero-order valence-corrected chi connectivity index (χ0v) is 11.8. The molecule has 2 aliphatic rings. The third kappa shape index (κ3) is 2.65. The van der Waals surface area contributed by atoms with Crippen molar-refractivity contribution in [3.8, 4) is 6.07 Å². The Morgan fingerprint density at radius 2 is 2.27 bits per heavy atom. The summed E-state index contributed by atoms with van der Waals surface area (Å²) >= 11 is 0. The first-order chi connectivity index (χ1) is 10.5. The minimum absolute atomic E-state index is 0.0133. The van der Waals surface area contributed by atoms with Gasteiger partial charge in [0.05, 0.1) is 18.2 Å². The number of ether oxygens (including phenoxy) is 1. The summed E-state index contributed by atoms with van der Waals surface area (Å²) in [5, 5.41) is 11.6. The molecule has 7 heteroatoms. The molecule has 114 valence electrons. The van der Waals surface area contributed by atoms with E-state index in [9.17, 15) is 14.0 Å². The van der Waals surface area contributed by atoms with Crippen LogP contribution in [0.1, 0.15) is 22.3 Å². The average molecular weight is 303 g/mol. The van der Waals surface area contributed by atoms with Crippen LogP contribution >= 0.6 is 0 Å². The molecule has 1 N–H and O–H groups in total. The van der Waals surface area contributed by atoms with Crippen LogP contribution in [0.2, 0.25) is 0 Å². The lowest BCUT2D eigenvalue weighted by atomic mass is 10.0. The normalized spacial score (nSPS) is 24.2. The Bertz CT molecular complexity index is 673. The van der Waals surface area contributed by atoms with E-state index in [4.69, 9.17) is 10.00 Å². The van der Waals surface area contributed by atoms with Crippen molar-refractivity contribution in [2.45, 2.75) is 12.0 Å². The Kier molecular flexibility index (Phi) is 3.54. The van der Waals surface area contributed by atoms with Gasteiger partial charge in [-0.05, 0) is 24.6 Å². The van der Waals surface area contributed by atoms with Gasteiger partial charge >= 0.3 is 0 Å². The molecule has 0 bridgehead atoms. The summed E-state index contributed by atoms with van der Waals surface area (Å²) < 4.78 is 19.1. The summed E-state index contributed by atoms with van der Waals surface area (Å²) in [7, 11) is 0. The highest BCUT2D eigenvalue weighted by Gasteiger charge is 2.43. The minimum atomic E-state index is -0.613. The van der Waals surface area contributed by atoms with E-state index in [0.717, 1.165) is 12.1 Å². The van der Waals surface area contributed by atoms with Gasteiger partial charge in [0, 0.05) is 18.7 Å². The van der Waals surface area contributed by atoms with Crippen LogP contribution in [0.15, 0.2) is 18.2 Å². The first-order valence-electron chi connectivity index (χ1n) is 6.92. The number of rotatable bonds is 1. The zero-order valence-electron chi connectivity index (χ0n) is 11.8. The molecule has 0 aliphatic carbocycles. The molecule has 0 aromatic heterocycles. The first kappa shape index (κ1) is 14.5. The van der Waals surface area contributed by atoms with Gasteiger partial charge in [0.1, 0.15) is 18.0 Å². The van der Waals surface area contributed by atoms with Crippen LogP contribution in [0.25, 0.3) is 0 Å². The predicted octanol–water partition coefficient (Wildman–Crippen LogP) is 0.428. The summed E-state index contributed by atoms with van der Waals surface area (Å²) in [5.41, 5.74) is -0.304. The molecule has 1 unspecified atom stereocenters. The van der Waals surface area contributed by atoms with E-state index in [-0.39, 0.29) is 29.5 Å². The number of benzene rings is 1. The SMILES string of the molecule is N#Cc1cc(F)cc(C(=O)N2CCC3(CNC(=O)CO3)C2)c1. The molecule has 2 saturated heterocycles. The number of nitriles is 1. The summed E-state index contributed by atoms with van der Waals surface area (Å²) in [6, 6.07) is 5.42. The Labute approximate surface area is 126 Å². The minimum Gasteiger partial charge on any atom is -0.361 e. The van der Waals surface area contributed by atoms with Crippen molar-refractivity contribution in [1.82, 2.24) is 10.2 Å². The van der Waals surface area contributed by atoms with Gasteiger partial charge in [0.15, 0.2) is 0 Å². The molecule has 22 heavy (non-hydrogen) atoms. The summed E-state index contributed by atoms with van der Waals surface area (Å²) in [6.07, 6.45) is 0.611. The van der Waals surface area contributed by atoms with Crippen LogP contribution in [0.4, 0.5) is 4.39 Å². The van der Waals surface area contributed by atoms with E-state index >= 15 is 0 Å². The molecule has 6 nitrogen and oxygen atoms in total. The lowest BCUT2D eigenvalue weighted by molar-refractivity contribution is -0.141. The molecular weight excluding hydrogens is 289 g/mol. The number of nitrogens with one attached hydrogen (secondary N) is 1. The molecule has 1 aromatic rings. The summed E-state index contributed by atoms with van der Waals surface area (Å²) in [4.78, 5) is 25.2. The molecule has 2 fully saturated rings. The van der Waals surface area contributed by atoms with Crippen molar-refractivity contribution >= 4 is 11.8 Å². The van der Waals surface area contributed by atoms with Gasteiger partial charge in [-0.1, -0.05) is 0 Å². The second-order valence-electron chi connectivity index (χ2n) is 5.57. The third-order valence-corrected chi connectivity index (χ3v) is 3.99. The molecule has 3 rings (SSSR count). The quantitative estimate of drug-likeness (QED) is 0.815. The number of amides is 2. The van der Waals surface area contributed by atoms with Crippen molar-refractivity contribution in [3.63, 3.8) is 0 Å². The highest BCUT2D eigenvalue weighted by atomic mass is 19.1. The molecule has 2 amide bonds. The predicted molar refractivity (Wildman–Crippen MR) is 73.3 cm³/mol. The van der Waals surface area contributed by atoms with E-state index < -0.39 is 11.4 Å². The van der Waals surface area contributed by atoms with Crippen molar-refractivity contribution in [2.24, 2.45) is 0 Å². The van der Waals surface area contributed by atoms with E-state index in [0.29, 0.717) is 26.1 Å². The topological polar surface area (TPSA) is 82.4 Å². The van der Waals surface area contributed by atoms with E-state index in [2.05, 4.69) is 5.32 Å². The van der Waals surface area contributed by atoms with Crippen LogP contribution in [0.3, 0.4) is 0 Å². The van der Waals surface area contributed by atoms with Gasteiger partial charge < -0.3 is 15.0 Å². The third-order valence-electron chi connectivity index (χ3n) is 3.99. The molecule has 0 radical (unpaired) electrons. The van der Waals surface area contributed by atoms with Crippen LogP contribution in [-0.2, 0) is 9.53 Å². The van der Waals surface area contributed by atoms with Crippen LogP contribution in [-0.4, -0.2) is 48.6 Å². The largest absolute Gasteiger partial charge is 0.361 e. The summed E-state index contributed by atoms with van der Waals surface area (Å²) in [5.74, 6) is -1.12. The number of nitrogens with zero attached hydrogens (tertiary/aromatic N) is 2. The molecule has 1 atom stereocenters. The molecule has 2 aliphatic heterocycles. The fourth-order valence-corrected chi connectivity index (χ4v) is 2.82. The van der Waals surface area contributed by atoms with Gasteiger partial charge in [0.25, 0.3) is 5.91 Å². The Morgan fingerprint density at radius 3 is 2.95 bits per heavy atom. The van der Waals surface area contributed by atoms with Gasteiger partial charge in [-0.2, -0.15) is 5.26 Å². The van der Waals surface area contributed by atoms with E-state index in [1.54, 1.807) is 4.90 Å². The number of hydrogen-bond acceptors (Lipinski definition) is 4. The lowest BCUT2D eigenvalue weighted by Crippen LogP contribution is -2.54. The van der Waals surface area contributed by atoms with Crippen LogP contribution in [0.5, 0.6) is 0 Å². The average Bonchev–Trinajstić information content (AvgIpc) is 2.93. The molecule has 0 saturated carbocycles. The number of hydrogen-bond donors (Lipinski definition) is 1. The number of carbonyl (C=O) groups is 2. The van der Waals surface area contributed by atoms with Gasteiger partial charge in [-0.3, -0.25) is 9.59 Å². The molecule has 1 aromatic carbocycles.